The van der Waals surface area contributed by atoms with Crippen LogP contribution in [0.5, 0.6) is 0 Å². The highest BCUT2D eigenvalue weighted by atomic mass is 31.1. The number of carboxylic acids is 1. The Bertz CT molecular complexity index is 1040. The lowest BCUT2D eigenvalue weighted by Gasteiger charge is -2.38. The fourth-order valence-corrected chi connectivity index (χ4v) is 4.96. The van der Waals surface area contributed by atoms with Gasteiger partial charge in [0.25, 0.3) is 5.91 Å². The molecule has 2 aromatic carbocycles. The molecule has 2 N–H and O–H groups in total. The lowest BCUT2D eigenvalue weighted by atomic mass is 9.99. The van der Waals surface area contributed by atoms with Gasteiger partial charge in [0, 0.05) is 6.54 Å². The molecule has 36 heavy (non-hydrogen) atoms. The van der Waals surface area contributed by atoms with Crippen molar-refractivity contribution < 1.29 is 33.5 Å². The predicted molar refractivity (Wildman–Crippen MR) is 133 cm³/mol. The first-order valence-corrected chi connectivity index (χ1v) is 12.8. The normalized spacial score (nSPS) is 17.8. The molecule has 3 rings (SSSR count). The molecule has 0 radical (unpaired) electrons. The molecule has 1 aliphatic heterocycles. The number of hydrogen-bond donors (Lipinski definition) is 2. The van der Waals surface area contributed by atoms with Crippen molar-refractivity contribution in [3.8, 4) is 0 Å². The number of likely N-dealkylation sites (tertiary alicyclic amines) is 1. The van der Waals surface area contributed by atoms with Gasteiger partial charge >= 0.3 is 12.1 Å². The molecule has 1 saturated heterocycles. The second kappa shape index (κ2) is 13.1. The molecule has 10 heteroatoms. The van der Waals surface area contributed by atoms with Gasteiger partial charge in [-0.15, -0.1) is 0 Å². The number of carbonyl (C=O) groups is 3. The standard InChI is InChI=1S/C26H31N2O7P/c1-2-34-25(32)27-22(16-15-19-10-5-3-6-11-19)26(36-33,35-18-20-12-7-4-8-13-20)24(31)28-17-9-14-21(28)23(29)30/h3-8,10-13,21-22H,2,9,14-18H2,1H3,(H,27,32)(H,29,30)/t21-,22?,26?/m0/s1. The number of alkyl carbamates (subject to hydrolysis) is 1. The molecule has 1 fully saturated rings. The number of carbonyl (C=O) groups excluding carboxylic acids is 2. The van der Waals surface area contributed by atoms with Gasteiger partial charge in [0.15, 0.2) is 0 Å². The molecule has 192 valence electrons. The minimum Gasteiger partial charge on any atom is -0.480 e. The summed E-state index contributed by atoms with van der Waals surface area (Å²) in [7, 11) is -0.697. The summed E-state index contributed by atoms with van der Waals surface area (Å²) in [5.41, 5.74) is 1.68. The maximum Gasteiger partial charge on any atom is 0.407 e. The molecule has 0 saturated carbocycles. The summed E-state index contributed by atoms with van der Waals surface area (Å²) >= 11 is 0. The third-order valence-corrected chi connectivity index (χ3v) is 7.05. The first-order chi connectivity index (χ1) is 17.4. The zero-order chi connectivity index (χ0) is 26.0. The summed E-state index contributed by atoms with van der Waals surface area (Å²) < 4.78 is 24.1. The Balaban J connectivity index is 2.00. The van der Waals surface area contributed by atoms with Crippen LogP contribution in [0, 0.1) is 0 Å². The van der Waals surface area contributed by atoms with E-state index in [1.54, 1.807) is 19.1 Å². The molecule has 1 aliphatic rings. The monoisotopic (exact) mass is 514 g/mol. The fraction of sp³-hybridized carbons (Fsp3) is 0.423. The minimum atomic E-state index is -2.06. The second-order valence-electron chi connectivity index (χ2n) is 8.50. The molecule has 0 spiro atoms. The molecule has 0 aliphatic carbocycles. The van der Waals surface area contributed by atoms with E-state index in [1.807, 2.05) is 48.5 Å². The highest BCUT2D eigenvalue weighted by Crippen LogP contribution is 2.37. The Morgan fingerprint density at radius 2 is 1.75 bits per heavy atom. The van der Waals surface area contributed by atoms with Gasteiger partial charge in [-0.25, -0.2) is 9.59 Å². The number of amides is 2. The van der Waals surface area contributed by atoms with Crippen molar-refractivity contribution in [3.63, 3.8) is 0 Å². The predicted octanol–water partition coefficient (Wildman–Crippen LogP) is 4.01. The lowest BCUT2D eigenvalue weighted by Crippen LogP contribution is -2.61. The molecule has 2 aromatic rings. The van der Waals surface area contributed by atoms with Crippen molar-refractivity contribution >= 4 is 26.4 Å². The highest BCUT2D eigenvalue weighted by molar-refractivity contribution is 7.27. The summed E-state index contributed by atoms with van der Waals surface area (Å²) in [5.74, 6) is -1.88. The van der Waals surface area contributed by atoms with Gasteiger partial charge in [-0.2, -0.15) is 0 Å². The smallest absolute Gasteiger partial charge is 0.407 e. The van der Waals surface area contributed by atoms with Gasteiger partial charge < -0.3 is 24.8 Å². The Morgan fingerprint density at radius 3 is 2.33 bits per heavy atom. The van der Waals surface area contributed by atoms with E-state index in [4.69, 9.17) is 9.47 Å². The maximum atomic E-state index is 14.0. The minimum absolute atomic E-state index is 0.0697. The Hall–Kier alpha value is -3.29. The number of hydrogen-bond acceptors (Lipinski definition) is 6. The third-order valence-electron chi connectivity index (χ3n) is 6.15. The fourth-order valence-electron chi connectivity index (χ4n) is 4.32. The molecular weight excluding hydrogens is 483 g/mol. The maximum absolute atomic E-state index is 14.0. The zero-order valence-corrected chi connectivity index (χ0v) is 21.1. The first-order valence-electron chi connectivity index (χ1n) is 11.9. The summed E-state index contributed by atoms with van der Waals surface area (Å²) in [6.07, 6.45) is 0.638. The highest BCUT2D eigenvalue weighted by Gasteiger charge is 2.54. The number of aryl methyl sites for hydroxylation is 1. The van der Waals surface area contributed by atoms with Crippen LogP contribution >= 0.6 is 8.46 Å². The summed E-state index contributed by atoms with van der Waals surface area (Å²) in [6.45, 7) is 1.87. The van der Waals surface area contributed by atoms with Crippen molar-refractivity contribution in [3.05, 3.63) is 71.8 Å². The van der Waals surface area contributed by atoms with Crippen molar-refractivity contribution in [2.24, 2.45) is 0 Å². The van der Waals surface area contributed by atoms with Crippen LogP contribution in [0.1, 0.15) is 37.3 Å². The van der Waals surface area contributed by atoms with E-state index >= 15 is 0 Å². The summed E-state index contributed by atoms with van der Waals surface area (Å²) in [4.78, 5) is 39.5. The van der Waals surface area contributed by atoms with Crippen LogP contribution in [-0.2, 0) is 36.7 Å². The quantitative estimate of drug-likeness (QED) is 0.410. The first kappa shape index (κ1) is 27.3. The number of nitrogens with one attached hydrogen (secondary N) is 1. The molecule has 0 bridgehead atoms. The van der Waals surface area contributed by atoms with Crippen LogP contribution < -0.4 is 5.32 Å². The van der Waals surface area contributed by atoms with Crippen LogP contribution in [0.4, 0.5) is 4.79 Å². The van der Waals surface area contributed by atoms with Crippen LogP contribution in [0.25, 0.3) is 0 Å². The molecule has 0 aromatic heterocycles. The van der Waals surface area contributed by atoms with Crippen LogP contribution in [0.15, 0.2) is 60.7 Å². The molecule has 3 atom stereocenters. The van der Waals surface area contributed by atoms with E-state index in [9.17, 15) is 24.1 Å². The topological polar surface area (TPSA) is 122 Å². The van der Waals surface area contributed by atoms with Crippen molar-refractivity contribution in [2.75, 3.05) is 13.2 Å². The van der Waals surface area contributed by atoms with Crippen LogP contribution in [-0.4, -0.2) is 58.6 Å². The number of ether oxygens (including phenoxy) is 2. The lowest BCUT2D eigenvalue weighted by molar-refractivity contribution is -0.159. The van der Waals surface area contributed by atoms with Gasteiger partial charge in [-0.3, -0.25) is 9.36 Å². The SMILES string of the molecule is CCOC(=O)NC(CCc1ccccc1)C(OCc1ccccc1)(P=O)C(=O)N1CCC[C@H]1C(=O)O. The number of nitrogens with zero attached hydrogens (tertiary/aromatic N) is 1. The van der Waals surface area contributed by atoms with Gasteiger partial charge in [0.1, 0.15) is 6.04 Å². The van der Waals surface area contributed by atoms with E-state index in [1.165, 1.54) is 4.90 Å². The third kappa shape index (κ3) is 6.68. The van der Waals surface area contributed by atoms with Crippen LogP contribution in [0.3, 0.4) is 0 Å². The van der Waals surface area contributed by atoms with E-state index in [0.717, 1.165) is 11.1 Å². The summed E-state index contributed by atoms with van der Waals surface area (Å²) in [6, 6.07) is 16.4. The number of aliphatic carboxylic acids is 1. The molecule has 9 nitrogen and oxygen atoms in total. The molecule has 2 unspecified atom stereocenters. The average Bonchev–Trinajstić information content (AvgIpc) is 3.39. The van der Waals surface area contributed by atoms with Crippen molar-refractivity contribution in [2.45, 2.75) is 56.6 Å². The van der Waals surface area contributed by atoms with E-state index in [0.29, 0.717) is 12.8 Å². The van der Waals surface area contributed by atoms with E-state index < -0.39 is 43.9 Å². The number of benzene rings is 2. The van der Waals surface area contributed by atoms with Gasteiger partial charge in [-0.1, -0.05) is 60.7 Å². The van der Waals surface area contributed by atoms with Crippen LogP contribution in [0.2, 0.25) is 0 Å². The Morgan fingerprint density at radius 1 is 1.11 bits per heavy atom. The number of rotatable bonds is 12. The van der Waals surface area contributed by atoms with Gasteiger partial charge in [0.05, 0.1) is 19.3 Å². The largest absolute Gasteiger partial charge is 0.480 e. The Labute approximate surface area is 212 Å². The number of carboxylic acid groups (broad SMARTS) is 1. The summed E-state index contributed by atoms with van der Waals surface area (Å²) in [5, 5.41) is 10.3. The molecule has 1 heterocycles. The van der Waals surface area contributed by atoms with Crippen molar-refractivity contribution in [1.29, 1.82) is 0 Å². The molecular formula is C26H31N2O7P. The van der Waals surface area contributed by atoms with E-state index in [2.05, 4.69) is 5.32 Å². The Kier molecular flexibility index (Phi) is 9.96. The zero-order valence-electron chi connectivity index (χ0n) is 20.2. The van der Waals surface area contributed by atoms with E-state index in [-0.39, 0.29) is 32.6 Å². The molecule has 2 amide bonds. The second-order valence-corrected chi connectivity index (χ2v) is 9.35. The average molecular weight is 515 g/mol. The van der Waals surface area contributed by atoms with Crippen molar-refractivity contribution in [1.82, 2.24) is 10.2 Å². The van der Waals surface area contributed by atoms with Gasteiger partial charge in [0.2, 0.25) is 13.8 Å². The van der Waals surface area contributed by atoms with Gasteiger partial charge in [-0.05, 0) is 43.7 Å².